The second kappa shape index (κ2) is 15.4. The average Bonchev–Trinajstić information content (AvgIpc) is 3.51. The summed E-state index contributed by atoms with van der Waals surface area (Å²) < 4.78 is 16.2. The molecule has 0 bridgehead atoms. The van der Waals surface area contributed by atoms with E-state index in [-0.39, 0.29) is 25.7 Å². The summed E-state index contributed by atoms with van der Waals surface area (Å²) in [7, 11) is 0. The minimum atomic E-state index is -1.72. The first kappa shape index (κ1) is 34.5. The number of carbonyl (C=O) groups is 1. The summed E-state index contributed by atoms with van der Waals surface area (Å²) >= 11 is -1.72. The van der Waals surface area contributed by atoms with Gasteiger partial charge in [0.15, 0.2) is 0 Å². The van der Waals surface area contributed by atoms with Gasteiger partial charge >= 0.3 is 106 Å². The van der Waals surface area contributed by atoms with Crippen LogP contribution in [0, 0.1) is 12.1 Å². The van der Waals surface area contributed by atoms with Crippen LogP contribution in [0.25, 0.3) is 55.6 Å². The second-order valence-electron chi connectivity index (χ2n) is 12.7. The number of benzene rings is 4. The first-order valence-corrected chi connectivity index (χ1v) is 23.0. The SMILES string of the molecule is [2H]C(C)(C)c1ccnc(-c2[c-]ccc3c2oc2c(-c4ccc(C(=O)OO)cc4)cccc23)c1.[CH3][Ge]([CH3])([CH3])[c]1ccc(-c2[c-]cccc2)nc1.[Ir]. The largest absolute Gasteiger partial charge is 0 e. The molecule has 249 valence electrons. The molecule has 3 aromatic heterocycles. The van der Waals surface area contributed by atoms with Crippen LogP contribution in [-0.2, 0) is 25.0 Å². The first-order chi connectivity index (χ1) is 23.4. The molecule has 0 spiro atoms. The van der Waals surface area contributed by atoms with E-state index in [1.54, 1.807) is 30.5 Å². The molecule has 0 fully saturated rings. The third-order valence-corrected chi connectivity index (χ3v) is 12.4. The molecule has 7 rings (SSSR count). The molecular formula is C41H36GeIrN2O4-2. The quantitative estimate of drug-likeness (QED) is 0.0775. The monoisotopic (exact) mass is 888 g/mol. The molecule has 0 atom stereocenters. The standard InChI is InChI=1S/C27H20NO4.C14H16GeN.Ir/c1-16(2)19-13-14-28-24(15-19)23-8-4-7-22-21-6-3-5-20(25(21)31-26(22)23)17-9-11-18(12-10-17)27(29)32-30;1-15(2,3)13-9-10-14(16-11-13)12-7-5-4-6-8-12;/h3-7,9-16,30H,1-2H3;4-7,9-11H,1-3H3;/q2*-1;/i16D;;. The predicted octanol–water partition coefficient (Wildman–Crippen LogP) is 9.96. The minimum absolute atomic E-state index is 0. The van der Waals surface area contributed by atoms with Crippen molar-refractivity contribution in [1.82, 2.24) is 9.97 Å². The zero-order valence-electron chi connectivity index (χ0n) is 28.9. The fourth-order valence-corrected chi connectivity index (χ4v) is 7.62. The molecule has 1 radical (unpaired) electrons. The van der Waals surface area contributed by atoms with Gasteiger partial charge in [-0.2, -0.15) is 5.26 Å². The van der Waals surface area contributed by atoms with Crippen molar-refractivity contribution in [2.24, 2.45) is 0 Å². The first-order valence-electron chi connectivity index (χ1n) is 16.2. The van der Waals surface area contributed by atoms with E-state index in [2.05, 4.69) is 56.4 Å². The summed E-state index contributed by atoms with van der Waals surface area (Å²) in [6.45, 7) is 3.69. The molecule has 1 N–H and O–H groups in total. The van der Waals surface area contributed by atoms with Gasteiger partial charge in [0.2, 0.25) is 0 Å². The van der Waals surface area contributed by atoms with Crippen LogP contribution in [0.2, 0.25) is 17.3 Å². The van der Waals surface area contributed by atoms with E-state index >= 15 is 0 Å². The van der Waals surface area contributed by atoms with Gasteiger partial charge in [0.1, 0.15) is 5.58 Å². The Morgan fingerprint density at radius 3 is 2.29 bits per heavy atom. The topological polar surface area (TPSA) is 85.5 Å². The summed E-state index contributed by atoms with van der Waals surface area (Å²) in [5.41, 5.74) is 7.73. The van der Waals surface area contributed by atoms with Crippen molar-refractivity contribution in [3.05, 3.63) is 139 Å². The van der Waals surface area contributed by atoms with Gasteiger partial charge in [0, 0.05) is 38.6 Å². The van der Waals surface area contributed by atoms with Gasteiger partial charge in [-0.05, 0) is 35.4 Å². The van der Waals surface area contributed by atoms with E-state index in [1.807, 2.05) is 86.8 Å². The van der Waals surface area contributed by atoms with Crippen LogP contribution < -0.4 is 4.40 Å². The van der Waals surface area contributed by atoms with Crippen molar-refractivity contribution in [2.45, 2.75) is 37.0 Å². The van der Waals surface area contributed by atoms with Crippen LogP contribution in [0.4, 0.5) is 0 Å². The Bertz CT molecular complexity index is 2240. The van der Waals surface area contributed by atoms with Gasteiger partial charge in [-0.1, -0.05) is 66.8 Å². The number of hydrogen-bond acceptors (Lipinski definition) is 6. The van der Waals surface area contributed by atoms with Crippen molar-refractivity contribution in [3.8, 4) is 33.6 Å². The van der Waals surface area contributed by atoms with Crippen LogP contribution in [0.3, 0.4) is 0 Å². The number of carbonyl (C=O) groups excluding carboxylic acids is 1. The Morgan fingerprint density at radius 2 is 1.63 bits per heavy atom. The van der Waals surface area contributed by atoms with E-state index in [4.69, 9.17) is 11.0 Å². The number of pyridine rings is 2. The molecular weight excluding hydrogens is 849 g/mol. The summed E-state index contributed by atoms with van der Waals surface area (Å²) in [4.78, 5) is 24.4. The zero-order chi connectivity index (χ0) is 34.8. The van der Waals surface area contributed by atoms with E-state index < -0.39 is 25.1 Å². The smallest absolute Gasteiger partial charge is 0 e. The fourth-order valence-electron chi connectivity index (χ4n) is 5.45. The minimum Gasteiger partial charge on any atom is 0 e. The molecule has 6 nitrogen and oxygen atoms in total. The van der Waals surface area contributed by atoms with E-state index in [9.17, 15) is 4.79 Å². The van der Waals surface area contributed by atoms with E-state index in [1.165, 1.54) is 4.40 Å². The number of para-hydroxylation sites is 1. The third-order valence-electron chi connectivity index (χ3n) is 8.18. The van der Waals surface area contributed by atoms with Gasteiger partial charge in [0.05, 0.1) is 11.1 Å². The predicted molar refractivity (Wildman–Crippen MR) is 195 cm³/mol. The average molecular weight is 887 g/mol. The van der Waals surface area contributed by atoms with Crippen molar-refractivity contribution < 1.29 is 40.8 Å². The maximum atomic E-state index is 11.5. The van der Waals surface area contributed by atoms with Crippen molar-refractivity contribution in [2.75, 3.05) is 0 Å². The van der Waals surface area contributed by atoms with Crippen molar-refractivity contribution >= 4 is 45.6 Å². The Labute approximate surface area is 304 Å². The molecule has 7 aromatic rings. The summed E-state index contributed by atoms with van der Waals surface area (Å²) in [6, 6.07) is 39.0. The Hall–Kier alpha value is -4.40. The Balaban J connectivity index is 0.000000241. The third kappa shape index (κ3) is 7.92. The number of nitrogens with zero attached hydrogens (tertiary/aromatic N) is 2. The number of furan rings is 1. The van der Waals surface area contributed by atoms with E-state index in [0.29, 0.717) is 16.9 Å². The van der Waals surface area contributed by atoms with Gasteiger partial charge in [-0.15, -0.1) is 18.2 Å². The van der Waals surface area contributed by atoms with Gasteiger partial charge < -0.3 is 9.40 Å². The Kier molecular flexibility index (Phi) is 10.9. The molecule has 49 heavy (non-hydrogen) atoms. The van der Waals surface area contributed by atoms with E-state index in [0.717, 1.165) is 44.3 Å². The van der Waals surface area contributed by atoms with Crippen LogP contribution in [0.1, 0.15) is 37.0 Å². The maximum Gasteiger partial charge on any atom is 0 e. The van der Waals surface area contributed by atoms with Gasteiger partial charge in [0.25, 0.3) is 0 Å². The molecule has 0 aliphatic heterocycles. The van der Waals surface area contributed by atoms with Crippen molar-refractivity contribution in [3.63, 3.8) is 0 Å². The van der Waals surface area contributed by atoms with Crippen LogP contribution in [0.15, 0.2) is 120 Å². The summed E-state index contributed by atoms with van der Waals surface area (Å²) in [5.74, 6) is 5.58. The number of fused-ring (bicyclic) bond motifs is 3. The number of hydrogen-bond donors (Lipinski definition) is 1. The molecule has 4 aromatic carbocycles. The van der Waals surface area contributed by atoms with Crippen LogP contribution in [0.5, 0.6) is 0 Å². The van der Waals surface area contributed by atoms with Gasteiger partial charge in [-0.3, -0.25) is 4.89 Å². The van der Waals surface area contributed by atoms with Gasteiger partial charge in [-0.25, -0.2) is 4.79 Å². The fraction of sp³-hybridized carbons (Fsp3) is 0.146. The van der Waals surface area contributed by atoms with Crippen molar-refractivity contribution in [1.29, 1.82) is 0 Å². The number of aromatic nitrogens is 2. The normalized spacial score (nSPS) is 11.7. The molecule has 0 unspecified atom stereocenters. The molecule has 0 aliphatic rings. The molecule has 0 saturated heterocycles. The van der Waals surface area contributed by atoms with Crippen LogP contribution in [-0.4, -0.2) is 34.5 Å². The molecule has 3 heterocycles. The molecule has 0 aliphatic carbocycles. The maximum absolute atomic E-state index is 11.5. The Morgan fingerprint density at radius 1 is 0.857 bits per heavy atom. The second-order valence-corrected chi connectivity index (χ2v) is 23.4. The molecule has 0 saturated carbocycles. The summed E-state index contributed by atoms with van der Waals surface area (Å²) in [6.07, 6.45) is 3.75. The molecule has 0 amide bonds. The number of rotatable bonds is 6. The molecule has 8 heteroatoms. The van der Waals surface area contributed by atoms with Crippen LogP contribution >= 0.6 is 0 Å². The summed E-state index contributed by atoms with van der Waals surface area (Å²) in [5, 5.41) is 10.5. The zero-order valence-corrected chi connectivity index (χ0v) is 32.4.